The molecule has 158 valence electrons. The van der Waals surface area contributed by atoms with Gasteiger partial charge < -0.3 is 16.4 Å². The van der Waals surface area contributed by atoms with E-state index in [9.17, 15) is 39.6 Å². The van der Waals surface area contributed by atoms with E-state index in [1.165, 1.54) is 0 Å². The van der Waals surface area contributed by atoms with Crippen molar-refractivity contribution in [3.63, 3.8) is 0 Å². The normalized spacial score (nSPS) is 14.8. The molecule has 2 atom stereocenters. The van der Waals surface area contributed by atoms with Crippen molar-refractivity contribution in [2.75, 3.05) is 17.3 Å². The van der Waals surface area contributed by atoms with Crippen LogP contribution in [0.4, 0.5) is 0 Å². The fourth-order valence-electron chi connectivity index (χ4n) is 1.56. The maximum absolute atomic E-state index is 12.0. The first-order valence-electron chi connectivity index (χ1n) is 6.64. The number of nitrogens with one attached hydrogen (secondary N) is 2. The second kappa shape index (κ2) is 9.37. The summed E-state index contributed by atoms with van der Waals surface area (Å²) in [6.45, 7) is 0. The first kappa shape index (κ1) is 25.1. The molecule has 0 rings (SSSR count). The van der Waals surface area contributed by atoms with Crippen LogP contribution in [0.5, 0.6) is 0 Å². The minimum absolute atomic E-state index is 0.891. The van der Waals surface area contributed by atoms with Gasteiger partial charge in [-0.25, -0.2) is 0 Å². The summed E-state index contributed by atoms with van der Waals surface area (Å²) in [6.07, 6.45) is -0.891. The van der Waals surface area contributed by atoms with Crippen molar-refractivity contribution in [2.24, 2.45) is 5.73 Å². The van der Waals surface area contributed by atoms with E-state index in [1.54, 1.807) is 10.6 Å². The molecule has 0 unspecified atom stereocenters. The summed E-state index contributed by atoms with van der Waals surface area (Å²) in [6, 6.07) is -4.09. The van der Waals surface area contributed by atoms with Gasteiger partial charge >= 0.3 is 0 Å². The van der Waals surface area contributed by atoms with Crippen LogP contribution in [-0.4, -0.2) is 86.0 Å². The summed E-state index contributed by atoms with van der Waals surface area (Å²) in [5.41, 5.74) is 4.84. The zero-order valence-corrected chi connectivity index (χ0v) is 15.8. The number of carbonyl (C=O) groups is 3. The minimum Gasteiger partial charge on any atom is -0.368 e. The third-order valence-electron chi connectivity index (χ3n) is 2.65. The van der Waals surface area contributed by atoms with Gasteiger partial charge in [-0.2, -0.15) is 25.3 Å². The van der Waals surface area contributed by atoms with Gasteiger partial charge in [-0.3, -0.25) is 28.0 Å². The first-order chi connectivity index (χ1) is 11.9. The van der Waals surface area contributed by atoms with Gasteiger partial charge in [0.1, 0.15) is 23.6 Å². The number of hydrogen-bond donors (Lipinski definition) is 6. The highest BCUT2D eigenvalue weighted by atomic mass is 32.2. The summed E-state index contributed by atoms with van der Waals surface area (Å²) in [4.78, 5) is 34.7. The monoisotopic (exact) mass is 455 g/mol. The van der Waals surface area contributed by atoms with E-state index in [0.717, 1.165) is 0 Å². The van der Waals surface area contributed by atoms with E-state index in [1.807, 2.05) is 0 Å². The van der Waals surface area contributed by atoms with Crippen LogP contribution in [0.2, 0.25) is 0 Å². The molecule has 0 heterocycles. The second-order valence-electron chi connectivity index (χ2n) is 5.12. The molecule has 0 aliphatic carbocycles. The van der Waals surface area contributed by atoms with Crippen LogP contribution in [-0.2, 0) is 44.7 Å². The molecule has 0 aromatic rings. The fraction of sp³-hybridized carbons (Fsp3) is 0.667. The Bertz CT molecular complexity index is 892. The van der Waals surface area contributed by atoms with E-state index in [0.29, 0.717) is 0 Å². The fourth-order valence-corrected chi connectivity index (χ4v) is 3.33. The molecular formula is C9H17N3O12S3. The number of primary amides is 1. The summed E-state index contributed by atoms with van der Waals surface area (Å²) in [7, 11) is -14.2. The van der Waals surface area contributed by atoms with Gasteiger partial charge in [0.15, 0.2) is 0 Å². The summed E-state index contributed by atoms with van der Waals surface area (Å²) >= 11 is 0. The average Bonchev–Trinajstić information content (AvgIpc) is 2.39. The maximum Gasteiger partial charge on any atom is 0.267 e. The molecule has 3 amide bonds. The van der Waals surface area contributed by atoms with Crippen LogP contribution < -0.4 is 16.4 Å². The van der Waals surface area contributed by atoms with Crippen LogP contribution in [0.25, 0.3) is 0 Å². The van der Waals surface area contributed by atoms with Gasteiger partial charge in [-0.15, -0.1) is 0 Å². The Morgan fingerprint density at radius 1 is 0.778 bits per heavy atom. The number of carbonyl (C=O) groups excluding carboxylic acids is 3. The molecule has 0 saturated carbocycles. The van der Waals surface area contributed by atoms with Gasteiger partial charge in [0.2, 0.25) is 17.7 Å². The van der Waals surface area contributed by atoms with Gasteiger partial charge in [0, 0.05) is 6.42 Å². The Morgan fingerprint density at radius 2 is 1.22 bits per heavy atom. The summed E-state index contributed by atoms with van der Waals surface area (Å²) in [5, 5.41) is 3.39. The highest BCUT2D eigenvalue weighted by Crippen LogP contribution is 1.98. The van der Waals surface area contributed by atoms with Crippen molar-refractivity contribution in [2.45, 2.75) is 18.5 Å². The van der Waals surface area contributed by atoms with Gasteiger partial charge in [0.05, 0.1) is 5.75 Å². The molecule has 0 fully saturated rings. The molecule has 0 aliphatic rings. The molecule has 0 aliphatic heterocycles. The van der Waals surface area contributed by atoms with E-state index >= 15 is 0 Å². The Morgan fingerprint density at radius 3 is 1.59 bits per heavy atom. The number of hydrogen-bond acceptors (Lipinski definition) is 9. The Hall–Kier alpha value is -1.86. The number of nitrogens with two attached hydrogens (primary N) is 1. The summed E-state index contributed by atoms with van der Waals surface area (Å²) in [5.74, 6) is -7.99. The highest BCUT2D eigenvalue weighted by Gasteiger charge is 2.31. The average molecular weight is 455 g/mol. The van der Waals surface area contributed by atoms with E-state index in [4.69, 9.17) is 19.4 Å². The molecule has 27 heavy (non-hydrogen) atoms. The van der Waals surface area contributed by atoms with E-state index < -0.39 is 83.8 Å². The highest BCUT2D eigenvalue weighted by molar-refractivity contribution is 7.86. The Kier molecular flexibility index (Phi) is 8.73. The quantitative estimate of drug-likeness (QED) is 0.161. The minimum atomic E-state index is -4.88. The molecule has 0 spiro atoms. The van der Waals surface area contributed by atoms with Crippen LogP contribution in [0.3, 0.4) is 0 Å². The molecule has 0 aromatic heterocycles. The van der Waals surface area contributed by atoms with Crippen LogP contribution in [0.1, 0.15) is 6.42 Å². The van der Waals surface area contributed by atoms with Crippen molar-refractivity contribution in [1.82, 2.24) is 10.6 Å². The molecule has 15 nitrogen and oxygen atoms in total. The van der Waals surface area contributed by atoms with Crippen molar-refractivity contribution in [3.8, 4) is 0 Å². The van der Waals surface area contributed by atoms with Crippen molar-refractivity contribution in [3.05, 3.63) is 0 Å². The van der Waals surface area contributed by atoms with Crippen molar-refractivity contribution < 1.29 is 53.3 Å². The topological polar surface area (TPSA) is 264 Å². The molecule has 18 heteroatoms. The smallest absolute Gasteiger partial charge is 0.267 e. The maximum atomic E-state index is 12.0. The predicted octanol–water partition coefficient (Wildman–Crippen LogP) is -4.51. The van der Waals surface area contributed by atoms with Crippen LogP contribution in [0.15, 0.2) is 0 Å². The molecule has 0 aromatic carbocycles. The van der Waals surface area contributed by atoms with Crippen LogP contribution >= 0.6 is 0 Å². The summed E-state index contributed by atoms with van der Waals surface area (Å²) < 4.78 is 90.7. The van der Waals surface area contributed by atoms with E-state index in [2.05, 4.69) is 0 Å². The lowest BCUT2D eigenvalue weighted by molar-refractivity contribution is -0.130. The van der Waals surface area contributed by atoms with Crippen molar-refractivity contribution >= 4 is 48.1 Å². The molecule has 0 radical (unpaired) electrons. The van der Waals surface area contributed by atoms with Crippen LogP contribution in [0, 0.1) is 0 Å². The third-order valence-corrected chi connectivity index (χ3v) is 4.88. The molecule has 0 saturated heterocycles. The molecule has 7 N–H and O–H groups in total. The lowest BCUT2D eigenvalue weighted by Crippen LogP contribution is -2.56. The Labute approximate surface area is 153 Å². The first-order valence-corrected chi connectivity index (χ1v) is 11.5. The second-order valence-corrected chi connectivity index (χ2v) is 9.68. The SMILES string of the molecule is NC(=O)[C@@H](CS(=O)(=O)O)NC(=O)[C@@H](CS(=O)(=O)O)NC(=O)CCS(=O)(=O)O. The standard InChI is InChI=1S/C9H17N3O12S3/c10-8(14)5(3-26(19,20)21)12-9(15)6(4-27(22,23)24)11-7(13)1-2-25(16,17)18/h5-6H,1-4H2,(H2,10,14)(H,11,13)(H,12,15)(H,16,17,18)(H,19,20,21)(H,22,23,24)/t5-,6-/m1/s1. The molecule has 0 bridgehead atoms. The van der Waals surface area contributed by atoms with Gasteiger partial charge in [-0.05, 0) is 0 Å². The van der Waals surface area contributed by atoms with Gasteiger partial charge in [0.25, 0.3) is 30.4 Å². The molecular weight excluding hydrogens is 438 g/mol. The van der Waals surface area contributed by atoms with E-state index in [-0.39, 0.29) is 0 Å². The Balaban J connectivity index is 5.34. The lowest BCUT2D eigenvalue weighted by Gasteiger charge is -2.20. The van der Waals surface area contributed by atoms with Gasteiger partial charge in [-0.1, -0.05) is 0 Å². The van der Waals surface area contributed by atoms with Crippen molar-refractivity contribution in [1.29, 1.82) is 0 Å². The lowest BCUT2D eigenvalue weighted by atomic mass is 10.2. The zero-order valence-electron chi connectivity index (χ0n) is 13.3. The zero-order chi connectivity index (χ0) is 21.6. The largest absolute Gasteiger partial charge is 0.368 e. The number of rotatable bonds is 11. The third kappa shape index (κ3) is 13.0. The predicted molar refractivity (Wildman–Crippen MR) is 86.9 cm³/mol. The number of amides is 3.